The van der Waals surface area contributed by atoms with Gasteiger partial charge in [0, 0.05) is 25.5 Å². The molecule has 2 N–H and O–H groups in total. The third-order valence-electron chi connectivity index (χ3n) is 3.19. The van der Waals surface area contributed by atoms with Crippen LogP contribution in [0.2, 0.25) is 0 Å². The van der Waals surface area contributed by atoms with Crippen LogP contribution in [0.1, 0.15) is 15.9 Å². The van der Waals surface area contributed by atoms with Gasteiger partial charge >= 0.3 is 0 Å². The van der Waals surface area contributed by atoms with Crippen LogP contribution in [0.4, 0.5) is 0 Å². The minimum Gasteiger partial charge on any atom is -0.351 e. The lowest BCUT2D eigenvalue weighted by molar-refractivity contribution is 0.0954. The summed E-state index contributed by atoms with van der Waals surface area (Å²) in [6.45, 7) is 3.01. The number of aromatic nitrogens is 1. The van der Waals surface area contributed by atoms with Crippen LogP contribution in [-0.2, 0) is 10.0 Å². The number of carbonyl (C=O) groups excluding carboxylic acids is 1. The van der Waals surface area contributed by atoms with Crippen LogP contribution in [0.3, 0.4) is 0 Å². The van der Waals surface area contributed by atoms with E-state index in [0.717, 1.165) is 9.54 Å². The van der Waals surface area contributed by atoms with E-state index < -0.39 is 10.0 Å². The van der Waals surface area contributed by atoms with Gasteiger partial charge in [-0.1, -0.05) is 17.7 Å². The molecular formula is C15H20ClN3O3S. The molecule has 1 aromatic heterocycles. The largest absolute Gasteiger partial charge is 0.351 e. The lowest BCUT2D eigenvalue weighted by Gasteiger charge is -2.06. The fraction of sp³-hybridized carbons (Fsp3) is 0.267. The van der Waals surface area contributed by atoms with Gasteiger partial charge in [-0.15, -0.1) is 12.4 Å². The van der Waals surface area contributed by atoms with E-state index in [1.54, 1.807) is 31.3 Å². The molecule has 23 heavy (non-hydrogen) atoms. The Bertz CT molecular complexity index is 755. The van der Waals surface area contributed by atoms with Crippen molar-refractivity contribution in [2.24, 2.45) is 0 Å². The summed E-state index contributed by atoms with van der Waals surface area (Å²) in [4.78, 5) is 12.1. The number of aryl methyl sites for hydroxylation is 1. The fourth-order valence-electron chi connectivity index (χ4n) is 1.90. The normalized spacial score (nSPS) is 10.9. The molecule has 2 rings (SSSR count). The smallest absolute Gasteiger partial charge is 0.267 e. The Morgan fingerprint density at radius 2 is 1.78 bits per heavy atom. The molecule has 0 spiro atoms. The minimum absolute atomic E-state index is 0. The monoisotopic (exact) mass is 357 g/mol. The van der Waals surface area contributed by atoms with Crippen molar-refractivity contribution >= 4 is 28.3 Å². The van der Waals surface area contributed by atoms with Crippen LogP contribution < -0.4 is 10.6 Å². The highest BCUT2D eigenvalue weighted by atomic mass is 35.5. The number of nitrogens with one attached hydrogen (secondary N) is 2. The second kappa shape index (κ2) is 8.14. The number of amides is 1. The van der Waals surface area contributed by atoms with E-state index in [2.05, 4.69) is 10.6 Å². The van der Waals surface area contributed by atoms with Gasteiger partial charge in [0.15, 0.2) is 0 Å². The Labute approximate surface area is 142 Å². The molecule has 2 aromatic rings. The van der Waals surface area contributed by atoms with Gasteiger partial charge in [-0.05, 0) is 32.2 Å². The molecule has 0 fully saturated rings. The summed E-state index contributed by atoms with van der Waals surface area (Å²) in [6.07, 6.45) is 2.70. The maximum atomic E-state index is 12.5. The van der Waals surface area contributed by atoms with E-state index in [0.29, 0.717) is 18.7 Å². The summed E-state index contributed by atoms with van der Waals surface area (Å²) in [5.41, 5.74) is 1.29. The van der Waals surface area contributed by atoms with E-state index in [4.69, 9.17) is 0 Å². The van der Waals surface area contributed by atoms with Gasteiger partial charge in [0.1, 0.15) is 0 Å². The fourth-order valence-corrected chi connectivity index (χ4v) is 3.09. The molecule has 0 bridgehead atoms. The standard InChI is InChI=1S/C15H19N3O3S.ClH/c1-12-3-5-14(6-4-12)22(20,21)18-10-7-13(11-18)15(19)17-9-8-16-2;/h3-7,10-11,16H,8-9H2,1-2H3,(H,17,19);1H. The summed E-state index contributed by atoms with van der Waals surface area (Å²) >= 11 is 0. The predicted octanol–water partition coefficient (Wildman–Crippen LogP) is 1.40. The summed E-state index contributed by atoms with van der Waals surface area (Å²) in [7, 11) is -1.88. The molecule has 6 nitrogen and oxygen atoms in total. The van der Waals surface area contributed by atoms with E-state index in [9.17, 15) is 13.2 Å². The lowest BCUT2D eigenvalue weighted by atomic mass is 10.2. The molecule has 1 aromatic carbocycles. The highest BCUT2D eigenvalue weighted by Crippen LogP contribution is 2.15. The van der Waals surface area contributed by atoms with E-state index in [1.165, 1.54) is 18.5 Å². The Balaban J connectivity index is 0.00000264. The van der Waals surface area contributed by atoms with Crippen molar-refractivity contribution < 1.29 is 13.2 Å². The number of rotatable bonds is 6. The molecule has 0 saturated carbocycles. The molecule has 0 aliphatic carbocycles. The second-order valence-corrected chi connectivity index (χ2v) is 6.75. The summed E-state index contributed by atoms with van der Waals surface area (Å²) in [5.74, 6) is -0.298. The Morgan fingerprint density at radius 1 is 1.13 bits per heavy atom. The number of carbonyl (C=O) groups is 1. The first-order valence-corrected chi connectivity index (χ1v) is 8.32. The Kier molecular flexibility index (Phi) is 6.80. The third kappa shape index (κ3) is 4.57. The molecule has 1 amide bonds. The van der Waals surface area contributed by atoms with Gasteiger partial charge in [0.05, 0.1) is 10.5 Å². The number of halogens is 1. The molecule has 0 atom stereocenters. The molecule has 0 aliphatic rings. The summed E-state index contributed by atoms with van der Waals surface area (Å²) < 4.78 is 26.0. The van der Waals surface area contributed by atoms with Crippen LogP contribution in [-0.4, -0.2) is 38.4 Å². The zero-order valence-electron chi connectivity index (χ0n) is 12.9. The Morgan fingerprint density at radius 3 is 2.39 bits per heavy atom. The van der Waals surface area contributed by atoms with E-state index in [1.807, 2.05) is 6.92 Å². The first-order valence-electron chi connectivity index (χ1n) is 6.88. The molecule has 0 radical (unpaired) electrons. The van der Waals surface area contributed by atoms with Gasteiger partial charge in [0.2, 0.25) is 0 Å². The van der Waals surface area contributed by atoms with Crippen LogP contribution in [0, 0.1) is 6.92 Å². The van der Waals surface area contributed by atoms with E-state index >= 15 is 0 Å². The Hall–Kier alpha value is -1.83. The maximum Gasteiger partial charge on any atom is 0.267 e. The molecule has 1 heterocycles. The number of hydrogen-bond donors (Lipinski definition) is 2. The number of hydrogen-bond acceptors (Lipinski definition) is 4. The first kappa shape index (κ1) is 19.2. The average Bonchev–Trinajstić information content (AvgIpc) is 2.98. The van der Waals surface area contributed by atoms with Gasteiger partial charge in [-0.25, -0.2) is 12.4 Å². The van der Waals surface area contributed by atoms with Crippen LogP contribution in [0.15, 0.2) is 47.6 Å². The third-order valence-corrected chi connectivity index (χ3v) is 4.84. The van der Waals surface area contributed by atoms with Crippen molar-refractivity contribution in [2.45, 2.75) is 11.8 Å². The molecule has 126 valence electrons. The lowest BCUT2D eigenvalue weighted by Crippen LogP contribution is -2.30. The molecule has 0 aliphatic heterocycles. The van der Waals surface area contributed by atoms with Crippen molar-refractivity contribution in [3.8, 4) is 0 Å². The second-order valence-electron chi connectivity index (χ2n) is 4.91. The van der Waals surface area contributed by atoms with Gasteiger partial charge in [-0.2, -0.15) is 0 Å². The first-order chi connectivity index (χ1) is 10.4. The zero-order chi connectivity index (χ0) is 16.2. The van der Waals surface area contributed by atoms with Gasteiger partial charge in [0.25, 0.3) is 15.9 Å². The topological polar surface area (TPSA) is 80.2 Å². The molecular weight excluding hydrogens is 338 g/mol. The van der Waals surface area contributed by atoms with Gasteiger partial charge in [-0.3, -0.25) is 4.79 Å². The highest BCUT2D eigenvalue weighted by molar-refractivity contribution is 7.90. The number of benzene rings is 1. The maximum absolute atomic E-state index is 12.5. The van der Waals surface area contributed by atoms with Crippen molar-refractivity contribution in [3.63, 3.8) is 0 Å². The predicted molar refractivity (Wildman–Crippen MR) is 91.7 cm³/mol. The molecule has 0 unspecified atom stereocenters. The summed E-state index contributed by atoms with van der Waals surface area (Å²) in [5, 5.41) is 5.62. The molecule has 0 saturated heterocycles. The average molecular weight is 358 g/mol. The van der Waals surface area contributed by atoms with Crippen LogP contribution in [0.5, 0.6) is 0 Å². The quantitative estimate of drug-likeness (QED) is 0.766. The zero-order valence-corrected chi connectivity index (χ0v) is 14.6. The van der Waals surface area contributed by atoms with Crippen molar-refractivity contribution in [3.05, 3.63) is 53.9 Å². The van der Waals surface area contributed by atoms with E-state index in [-0.39, 0.29) is 23.2 Å². The van der Waals surface area contributed by atoms with Crippen molar-refractivity contribution in [1.82, 2.24) is 14.6 Å². The highest BCUT2D eigenvalue weighted by Gasteiger charge is 2.18. The van der Waals surface area contributed by atoms with Crippen molar-refractivity contribution in [1.29, 1.82) is 0 Å². The van der Waals surface area contributed by atoms with Crippen molar-refractivity contribution in [2.75, 3.05) is 20.1 Å². The number of likely N-dealkylation sites (N-methyl/N-ethyl adjacent to an activating group) is 1. The van der Waals surface area contributed by atoms with Crippen LogP contribution >= 0.6 is 12.4 Å². The number of nitrogens with zero attached hydrogens (tertiary/aromatic N) is 1. The minimum atomic E-state index is -3.67. The SMILES string of the molecule is CNCCNC(=O)c1ccn(S(=O)(=O)c2ccc(C)cc2)c1.Cl. The molecule has 8 heteroatoms. The summed E-state index contributed by atoms with van der Waals surface area (Å²) in [6, 6.07) is 8.07. The van der Waals surface area contributed by atoms with Gasteiger partial charge < -0.3 is 10.6 Å². The van der Waals surface area contributed by atoms with Crippen LogP contribution in [0.25, 0.3) is 0 Å².